The molecule has 1 aliphatic heterocycles. The second-order valence-electron chi connectivity index (χ2n) is 4.69. The predicted octanol–water partition coefficient (Wildman–Crippen LogP) is 3.65. The van der Waals surface area contributed by atoms with Gasteiger partial charge in [0, 0.05) is 4.47 Å². The van der Waals surface area contributed by atoms with Crippen LogP contribution in [0.15, 0.2) is 34.9 Å². The van der Waals surface area contributed by atoms with Crippen molar-refractivity contribution >= 4 is 15.9 Å². The maximum Gasteiger partial charge on any atom is 0.123 e. The number of imidazole rings is 1. The number of benzene rings is 1. The minimum atomic E-state index is 0.392. The summed E-state index contributed by atoms with van der Waals surface area (Å²) in [5.41, 5.74) is 2.26. The van der Waals surface area contributed by atoms with Gasteiger partial charge in [-0.05, 0) is 37.1 Å². The molecule has 0 radical (unpaired) electrons. The number of nitrogens with one attached hydrogen (secondary N) is 2. The first-order chi connectivity index (χ1) is 8.83. The van der Waals surface area contributed by atoms with Crippen LogP contribution in [0.5, 0.6) is 0 Å². The summed E-state index contributed by atoms with van der Waals surface area (Å²) in [6.07, 6.45) is 5.66. The van der Waals surface area contributed by atoms with Crippen molar-refractivity contribution in [1.82, 2.24) is 15.3 Å². The molecule has 0 unspecified atom stereocenters. The molecule has 0 saturated carbocycles. The van der Waals surface area contributed by atoms with Gasteiger partial charge in [0.25, 0.3) is 0 Å². The van der Waals surface area contributed by atoms with E-state index in [0.29, 0.717) is 6.04 Å². The summed E-state index contributed by atoms with van der Waals surface area (Å²) < 4.78 is 1.10. The number of H-pyrrole nitrogens is 1. The van der Waals surface area contributed by atoms with Gasteiger partial charge in [-0.2, -0.15) is 0 Å². The SMILES string of the molecule is Brc1ccc(-c2cnc([C@@H]3CCCCN3)[nH]2)cc1. The number of rotatable bonds is 2. The molecule has 2 aromatic rings. The number of piperidine rings is 1. The first-order valence-electron chi connectivity index (χ1n) is 6.37. The van der Waals surface area contributed by atoms with Crippen LogP contribution in [0.25, 0.3) is 11.3 Å². The number of aromatic nitrogens is 2. The van der Waals surface area contributed by atoms with E-state index in [1.807, 2.05) is 6.20 Å². The monoisotopic (exact) mass is 305 g/mol. The van der Waals surface area contributed by atoms with E-state index in [2.05, 4.69) is 55.5 Å². The molecule has 0 amide bonds. The highest BCUT2D eigenvalue weighted by molar-refractivity contribution is 9.10. The first-order valence-corrected chi connectivity index (χ1v) is 7.16. The Morgan fingerprint density at radius 1 is 1.17 bits per heavy atom. The third-order valence-corrected chi connectivity index (χ3v) is 3.92. The van der Waals surface area contributed by atoms with Gasteiger partial charge in [-0.1, -0.05) is 34.5 Å². The van der Waals surface area contributed by atoms with Crippen molar-refractivity contribution in [3.63, 3.8) is 0 Å². The van der Waals surface area contributed by atoms with Crippen LogP contribution in [0.1, 0.15) is 31.1 Å². The summed E-state index contributed by atoms with van der Waals surface area (Å²) in [4.78, 5) is 7.94. The fourth-order valence-electron chi connectivity index (χ4n) is 2.38. The average Bonchev–Trinajstić information content (AvgIpc) is 2.90. The molecule has 0 spiro atoms. The van der Waals surface area contributed by atoms with Crippen molar-refractivity contribution < 1.29 is 0 Å². The summed E-state index contributed by atoms with van der Waals surface area (Å²) in [6.45, 7) is 1.10. The summed E-state index contributed by atoms with van der Waals surface area (Å²) in [6, 6.07) is 8.68. The molecule has 18 heavy (non-hydrogen) atoms. The van der Waals surface area contributed by atoms with Crippen molar-refractivity contribution in [2.75, 3.05) is 6.54 Å². The van der Waals surface area contributed by atoms with Gasteiger partial charge in [0.15, 0.2) is 0 Å². The van der Waals surface area contributed by atoms with E-state index < -0.39 is 0 Å². The van der Waals surface area contributed by atoms with Crippen LogP contribution in [-0.2, 0) is 0 Å². The third-order valence-electron chi connectivity index (χ3n) is 3.39. The molecule has 0 aliphatic carbocycles. The fraction of sp³-hybridized carbons (Fsp3) is 0.357. The van der Waals surface area contributed by atoms with Gasteiger partial charge in [-0.3, -0.25) is 0 Å². The van der Waals surface area contributed by atoms with E-state index in [1.54, 1.807) is 0 Å². The van der Waals surface area contributed by atoms with Crippen LogP contribution < -0.4 is 5.32 Å². The second-order valence-corrected chi connectivity index (χ2v) is 5.61. The lowest BCUT2D eigenvalue weighted by Gasteiger charge is -2.21. The number of hydrogen-bond donors (Lipinski definition) is 2. The van der Waals surface area contributed by atoms with E-state index in [4.69, 9.17) is 0 Å². The van der Waals surface area contributed by atoms with Gasteiger partial charge in [0.2, 0.25) is 0 Å². The lowest BCUT2D eigenvalue weighted by atomic mass is 10.0. The van der Waals surface area contributed by atoms with Gasteiger partial charge < -0.3 is 10.3 Å². The van der Waals surface area contributed by atoms with Gasteiger partial charge in [0.05, 0.1) is 17.9 Å². The Labute approximate surface area is 115 Å². The Kier molecular flexibility index (Phi) is 3.48. The Morgan fingerprint density at radius 3 is 2.72 bits per heavy atom. The number of hydrogen-bond acceptors (Lipinski definition) is 2. The first kappa shape index (κ1) is 11.9. The van der Waals surface area contributed by atoms with E-state index in [1.165, 1.54) is 24.8 Å². The third kappa shape index (κ3) is 2.49. The number of halogens is 1. The molecule has 1 aliphatic rings. The van der Waals surface area contributed by atoms with Crippen molar-refractivity contribution in [2.45, 2.75) is 25.3 Å². The predicted molar refractivity (Wildman–Crippen MR) is 76.3 cm³/mol. The minimum Gasteiger partial charge on any atom is -0.341 e. The maximum absolute atomic E-state index is 4.51. The molecule has 1 saturated heterocycles. The maximum atomic E-state index is 4.51. The lowest BCUT2D eigenvalue weighted by molar-refractivity contribution is 0.399. The highest BCUT2D eigenvalue weighted by atomic mass is 79.9. The molecule has 0 bridgehead atoms. The molecular formula is C14H16BrN3. The molecule has 4 heteroatoms. The van der Waals surface area contributed by atoms with Crippen LogP contribution in [0.3, 0.4) is 0 Å². The van der Waals surface area contributed by atoms with Crippen molar-refractivity contribution in [2.24, 2.45) is 0 Å². The van der Waals surface area contributed by atoms with Gasteiger partial charge in [-0.25, -0.2) is 4.98 Å². The molecule has 1 aromatic heterocycles. The Hall–Kier alpha value is -1.13. The summed E-state index contributed by atoms with van der Waals surface area (Å²) in [7, 11) is 0. The van der Waals surface area contributed by atoms with Crippen molar-refractivity contribution in [3.8, 4) is 11.3 Å². The molecule has 3 rings (SSSR count). The van der Waals surface area contributed by atoms with E-state index in [0.717, 1.165) is 22.5 Å². The van der Waals surface area contributed by atoms with Crippen molar-refractivity contribution in [3.05, 3.63) is 40.8 Å². The summed E-state index contributed by atoms with van der Waals surface area (Å²) >= 11 is 3.45. The summed E-state index contributed by atoms with van der Waals surface area (Å²) in [5, 5.41) is 3.51. The molecule has 3 nitrogen and oxygen atoms in total. The zero-order valence-electron chi connectivity index (χ0n) is 10.1. The van der Waals surface area contributed by atoms with Gasteiger partial charge >= 0.3 is 0 Å². The largest absolute Gasteiger partial charge is 0.341 e. The normalized spacial score (nSPS) is 19.9. The zero-order chi connectivity index (χ0) is 12.4. The Balaban J connectivity index is 1.82. The zero-order valence-corrected chi connectivity index (χ0v) is 11.7. The van der Waals surface area contributed by atoms with Gasteiger partial charge in [-0.15, -0.1) is 0 Å². The molecule has 1 fully saturated rings. The molecule has 94 valence electrons. The highest BCUT2D eigenvalue weighted by Crippen LogP contribution is 2.24. The van der Waals surface area contributed by atoms with Crippen LogP contribution in [-0.4, -0.2) is 16.5 Å². The molecule has 2 N–H and O–H groups in total. The molecule has 2 heterocycles. The fourth-order valence-corrected chi connectivity index (χ4v) is 2.64. The van der Waals surface area contributed by atoms with Gasteiger partial charge in [0.1, 0.15) is 5.82 Å². The topological polar surface area (TPSA) is 40.7 Å². The summed E-state index contributed by atoms with van der Waals surface area (Å²) in [5.74, 6) is 1.06. The average molecular weight is 306 g/mol. The van der Waals surface area contributed by atoms with Crippen LogP contribution >= 0.6 is 15.9 Å². The molecule has 1 aromatic carbocycles. The Morgan fingerprint density at radius 2 is 2.00 bits per heavy atom. The number of aromatic amines is 1. The second kappa shape index (κ2) is 5.24. The molecular weight excluding hydrogens is 290 g/mol. The standard InChI is InChI=1S/C14H16BrN3/c15-11-6-4-10(5-7-11)13-9-17-14(18-13)12-3-1-2-8-16-12/h4-7,9,12,16H,1-3,8H2,(H,17,18)/t12-/m0/s1. The van der Waals surface area contributed by atoms with Crippen LogP contribution in [0, 0.1) is 0 Å². The minimum absolute atomic E-state index is 0.392. The van der Waals surface area contributed by atoms with Crippen LogP contribution in [0.2, 0.25) is 0 Å². The van der Waals surface area contributed by atoms with Crippen LogP contribution in [0.4, 0.5) is 0 Å². The van der Waals surface area contributed by atoms with E-state index >= 15 is 0 Å². The smallest absolute Gasteiger partial charge is 0.123 e. The molecule has 1 atom stereocenters. The van der Waals surface area contributed by atoms with E-state index in [9.17, 15) is 0 Å². The highest BCUT2D eigenvalue weighted by Gasteiger charge is 2.17. The van der Waals surface area contributed by atoms with E-state index in [-0.39, 0.29) is 0 Å². The Bertz CT molecular complexity index is 512. The quantitative estimate of drug-likeness (QED) is 0.889. The van der Waals surface area contributed by atoms with Crippen molar-refractivity contribution in [1.29, 1.82) is 0 Å². The number of nitrogens with zero attached hydrogens (tertiary/aromatic N) is 1. The lowest BCUT2D eigenvalue weighted by Crippen LogP contribution is -2.27.